The first-order chi connectivity index (χ1) is 10.1. The van der Waals surface area contributed by atoms with E-state index in [-0.39, 0.29) is 6.61 Å². The highest BCUT2D eigenvalue weighted by molar-refractivity contribution is 6.32. The van der Waals surface area contributed by atoms with Crippen molar-refractivity contribution < 1.29 is 9.84 Å². The van der Waals surface area contributed by atoms with Gasteiger partial charge in [-0.25, -0.2) is 9.97 Å². The van der Waals surface area contributed by atoms with Crippen molar-refractivity contribution in [2.75, 3.05) is 13.2 Å². The lowest BCUT2D eigenvalue weighted by atomic mass is 10.3. The SMILES string of the molecule is Cc1nccc(CNCC(O)COc2ccccc2Cl)n1. The molecule has 0 bridgehead atoms. The highest BCUT2D eigenvalue weighted by Crippen LogP contribution is 2.22. The Bertz CT molecular complexity index is 580. The second-order valence-corrected chi connectivity index (χ2v) is 5.03. The largest absolute Gasteiger partial charge is 0.489 e. The monoisotopic (exact) mass is 307 g/mol. The van der Waals surface area contributed by atoms with Gasteiger partial charge in [-0.1, -0.05) is 23.7 Å². The number of ether oxygens (including phenoxy) is 1. The highest BCUT2D eigenvalue weighted by Gasteiger charge is 2.07. The zero-order valence-electron chi connectivity index (χ0n) is 11.8. The summed E-state index contributed by atoms with van der Waals surface area (Å²) in [6.07, 6.45) is 1.10. The van der Waals surface area contributed by atoms with Crippen molar-refractivity contribution in [2.45, 2.75) is 19.6 Å². The van der Waals surface area contributed by atoms with Crippen molar-refractivity contribution in [3.63, 3.8) is 0 Å². The van der Waals surface area contributed by atoms with Gasteiger partial charge >= 0.3 is 0 Å². The van der Waals surface area contributed by atoms with Gasteiger partial charge in [0.05, 0.1) is 10.7 Å². The summed E-state index contributed by atoms with van der Waals surface area (Å²) in [4.78, 5) is 8.30. The average molecular weight is 308 g/mol. The molecule has 112 valence electrons. The third-order valence-electron chi connectivity index (χ3n) is 2.79. The highest BCUT2D eigenvalue weighted by atomic mass is 35.5. The maximum atomic E-state index is 9.87. The fourth-order valence-electron chi connectivity index (χ4n) is 1.78. The molecule has 6 heteroatoms. The van der Waals surface area contributed by atoms with Gasteiger partial charge in [-0.15, -0.1) is 0 Å². The minimum atomic E-state index is -0.621. The summed E-state index contributed by atoms with van der Waals surface area (Å²) < 4.78 is 5.47. The van der Waals surface area contributed by atoms with Gasteiger partial charge in [-0.2, -0.15) is 0 Å². The van der Waals surface area contributed by atoms with Crippen molar-refractivity contribution in [3.8, 4) is 5.75 Å². The van der Waals surface area contributed by atoms with Crippen LogP contribution in [0.3, 0.4) is 0 Å². The van der Waals surface area contributed by atoms with Gasteiger partial charge < -0.3 is 15.2 Å². The minimum Gasteiger partial charge on any atom is -0.489 e. The van der Waals surface area contributed by atoms with E-state index in [0.29, 0.717) is 23.9 Å². The van der Waals surface area contributed by atoms with Gasteiger partial charge in [-0.3, -0.25) is 0 Å². The third kappa shape index (κ3) is 5.30. The van der Waals surface area contributed by atoms with E-state index in [2.05, 4.69) is 15.3 Å². The van der Waals surface area contributed by atoms with E-state index in [4.69, 9.17) is 16.3 Å². The molecule has 1 unspecified atom stereocenters. The van der Waals surface area contributed by atoms with E-state index in [0.717, 1.165) is 11.5 Å². The maximum Gasteiger partial charge on any atom is 0.138 e. The quantitative estimate of drug-likeness (QED) is 0.818. The molecule has 0 aliphatic carbocycles. The Morgan fingerprint density at radius 2 is 2.14 bits per heavy atom. The average Bonchev–Trinajstić information content (AvgIpc) is 2.46. The lowest BCUT2D eigenvalue weighted by molar-refractivity contribution is 0.106. The molecule has 0 radical (unpaired) electrons. The number of rotatable bonds is 7. The van der Waals surface area contributed by atoms with Gasteiger partial charge in [-0.05, 0) is 25.1 Å². The second-order valence-electron chi connectivity index (χ2n) is 4.62. The standard InChI is InChI=1S/C15H18ClN3O2/c1-11-18-7-6-12(19-11)8-17-9-13(20)10-21-15-5-3-2-4-14(15)16/h2-7,13,17,20H,8-10H2,1H3. The number of nitrogens with zero attached hydrogens (tertiary/aromatic N) is 2. The van der Waals surface area contributed by atoms with Gasteiger partial charge in [0.2, 0.25) is 0 Å². The van der Waals surface area contributed by atoms with Gasteiger partial charge in [0, 0.05) is 19.3 Å². The molecule has 0 spiro atoms. The fourth-order valence-corrected chi connectivity index (χ4v) is 1.97. The predicted molar refractivity (Wildman–Crippen MR) is 81.4 cm³/mol. The molecule has 0 aliphatic rings. The Labute approximate surface area is 129 Å². The molecule has 1 aromatic carbocycles. The van der Waals surface area contributed by atoms with Crippen LogP contribution < -0.4 is 10.1 Å². The summed E-state index contributed by atoms with van der Waals surface area (Å²) in [7, 11) is 0. The number of aryl methyl sites for hydroxylation is 1. The molecular weight excluding hydrogens is 290 g/mol. The van der Waals surface area contributed by atoms with Crippen LogP contribution in [0.2, 0.25) is 5.02 Å². The molecule has 21 heavy (non-hydrogen) atoms. The molecule has 2 rings (SSSR count). The molecule has 0 saturated carbocycles. The molecule has 0 saturated heterocycles. The molecule has 5 nitrogen and oxygen atoms in total. The Kier molecular flexibility index (Phi) is 5.92. The Morgan fingerprint density at radius 3 is 2.90 bits per heavy atom. The van der Waals surface area contributed by atoms with Crippen LogP contribution in [0.1, 0.15) is 11.5 Å². The number of aromatic nitrogens is 2. The molecule has 1 atom stereocenters. The van der Waals surface area contributed by atoms with Crippen LogP contribution in [-0.2, 0) is 6.54 Å². The first kappa shape index (κ1) is 15.7. The van der Waals surface area contributed by atoms with E-state index in [1.807, 2.05) is 25.1 Å². The smallest absolute Gasteiger partial charge is 0.138 e. The number of hydrogen-bond donors (Lipinski definition) is 2. The Hall–Kier alpha value is -1.69. The van der Waals surface area contributed by atoms with Crippen LogP contribution in [0.4, 0.5) is 0 Å². The van der Waals surface area contributed by atoms with E-state index in [9.17, 15) is 5.11 Å². The summed E-state index contributed by atoms with van der Waals surface area (Å²) in [5, 5.41) is 13.5. The Morgan fingerprint density at radius 1 is 1.33 bits per heavy atom. The number of nitrogens with one attached hydrogen (secondary N) is 1. The summed E-state index contributed by atoms with van der Waals surface area (Å²) in [5.74, 6) is 1.31. The summed E-state index contributed by atoms with van der Waals surface area (Å²) in [6.45, 7) is 3.01. The second kappa shape index (κ2) is 7.93. The lowest BCUT2D eigenvalue weighted by Crippen LogP contribution is -2.31. The van der Waals surface area contributed by atoms with Crippen molar-refractivity contribution >= 4 is 11.6 Å². The molecule has 0 aliphatic heterocycles. The van der Waals surface area contributed by atoms with Crippen molar-refractivity contribution in [1.82, 2.24) is 15.3 Å². The van der Waals surface area contributed by atoms with E-state index in [1.54, 1.807) is 18.3 Å². The van der Waals surface area contributed by atoms with Crippen LogP contribution in [0.25, 0.3) is 0 Å². The van der Waals surface area contributed by atoms with Crippen LogP contribution in [0, 0.1) is 6.92 Å². The summed E-state index contributed by atoms with van der Waals surface area (Å²) in [5.41, 5.74) is 0.890. The van der Waals surface area contributed by atoms with Crippen LogP contribution in [0.5, 0.6) is 5.75 Å². The zero-order chi connectivity index (χ0) is 15.1. The topological polar surface area (TPSA) is 67.3 Å². The van der Waals surface area contributed by atoms with E-state index < -0.39 is 6.10 Å². The number of benzene rings is 1. The number of para-hydroxylation sites is 1. The summed E-state index contributed by atoms with van der Waals surface area (Å²) >= 11 is 5.97. The molecule has 1 aromatic heterocycles. The Balaban J connectivity index is 1.70. The van der Waals surface area contributed by atoms with Crippen LogP contribution in [0.15, 0.2) is 36.5 Å². The van der Waals surface area contributed by atoms with Crippen molar-refractivity contribution in [3.05, 3.63) is 53.1 Å². The van der Waals surface area contributed by atoms with Crippen molar-refractivity contribution in [1.29, 1.82) is 0 Å². The normalized spacial score (nSPS) is 12.1. The number of aliphatic hydroxyl groups is 1. The molecular formula is C15H18ClN3O2. The number of halogens is 1. The van der Waals surface area contributed by atoms with Crippen LogP contribution >= 0.6 is 11.6 Å². The van der Waals surface area contributed by atoms with Crippen molar-refractivity contribution in [2.24, 2.45) is 0 Å². The minimum absolute atomic E-state index is 0.180. The van der Waals surface area contributed by atoms with Gasteiger partial charge in [0.25, 0.3) is 0 Å². The van der Waals surface area contributed by atoms with E-state index in [1.165, 1.54) is 0 Å². The summed E-state index contributed by atoms with van der Waals surface area (Å²) in [6, 6.07) is 9.03. The molecule has 0 fully saturated rings. The number of hydrogen-bond acceptors (Lipinski definition) is 5. The maximum absolute atomic E-state index is 9.87. The molecule has 0 amide bonds. The van der Waals surface area contributed by atoms with Gasteiger partial charge in [0.1, 0.15) is 24.3 Å². The third-order valence-corrected chi connectivity index (χ3v) is 3.10. The molecule has 2 N–H and O–H groups in total. The molecule has 1 heterocycles. The lowest BCUT2D eigenvalue weighted by Gasteiger charge is -2.14. The van der Waals surface area contributed by atoms with Gasteiger partial charge in [0.15, 0.2) is 0 Å². The first-order valence-electron chi connectivity index (χ1n) is 6.70. The van der Waals surface area contributed by atoms with Crippen LogP contribution in [-0.4, -0.2) is 34.3 Å². The zero-order valence-corrected chi connectivity index (χ0v) is 12.5. The van der Waals surface area contributed by atoms with E-state index >= 15 is 0 Å². The molecule has 2 aromatic rings. The predicted octanol–water partition coefficient (Wildman–Crippen LogP) is 1.97. The number of aliphatic hydroxyl groups excluding tert-OH is 1. The fraction of sp³-hybridized carbons (Fsp3) is 0.333. The first-order valence-corrected chi connectivity index (χ1v) is 7.07.